The molecular formula is C16H17FN2O2. The summed E-state index contributed by atoms with van der Waals surface area (Å²) in [5.74, 6) is -0.562. The van der Waals surface area contributed by atoms with Gasteiger partial charge in [-0.25, -0.2) is 4.39 Å². The molecule has 3 rings (SSSR count). The van der Waals surface area contributed by atoms with Crippen molar-refractivity contribution in [3.63, 3.8) is 0 Å². The average Bonchev–Trinajstić information content (AvgIpc) is 2.92. The first-order valence-corrected chi connectivity index (χ1v) is 6.92. The summed E-state index contributed by atoms with van der Waals surface area (Å²) < 4.78 is 20.8. The first-order valence-electron chi connectivity index (χ1n) is 6.92. The van der Waals surface area contributed by atoms with Crippen LogP contribution in [-0.4, -0.2) is 35.1 Å². The van der Waals surface area contributed by atoms with Gasteiger partial charge >= 0.3 is 0 Å². The van der Waals surface area contributed by atoms with Gasteiger partial charge in [-0.05, 0) is 30.3 Å². The van der Waals surface area contributed by atoms with Crippen LogP contribution in [0.15, 0.2) is 42.6 Å². The van der Waals surface area contributed by atoms with E-state index in [0.717, 1.165) is 5.69 Å². The van der Waals surface area contributed by atoms with E-state index in [2.05, 4.69) is 0 Å². The molecule has 4 nitrogen and oxygen atoms in total. The molecule has 5 heteroatoms. The lowest BCUT2D eigenvalue weighted by atomic mass is 10.1. The van der Waals surface area contributed by atoms with Gasteiger partial charge in [-0.2, -0.15) is 0 Å². The van der Waals surface area contributed by atoms with E-state index >= 15 is 0 Å². The second-order valence-electron chi connectivity index (χ2n) is 5.14. The molecule has 0 N–H and O–H groups in total. The Balaban J connectivity index is 1.91. The molecule has 1 unspecified atom stereocenters. The number of aryl methyl sites for hydroxylation is 1. The molecule has 110 valence electrons. The number of hydrogen-bond donors (Lipinski definition) is 0. The first kappa shape index (κ1) is 13.8. The Morgan fingerprint density at radius 2 is 2.19 bits per heavy atom. The predicted octanol–water partition coefficient (Wildman–Crippen LogP) is 2.38. The second kappa shape index (κ2) is 5.69. The van der Waals surface area contributed by atoms with Gasteiger partial charge in [0.15, 0.2) is 0 Å². The minimum absolute atomic E-state index is 0.144. The molecule has 0 bridgehead atoms. The Kier molecular flexibility index (Phi) is 3.75. The molecule has 21 heavy (non-hydrogen) atoms. The maximum absolute atomic E-state index is 13.3. The fraction of sp³-hybridized carbons (Fsp3) is 0.312. The zero-order valence-electron chi connectivity index (χ0n) is 11.8. The number of benzene rings is 1. The fourth-order valence-electron chi connectivity index (χ4n) is 2.70. The molecule has 1 aliphatic rings. The molecule has 0 radical (unpaired) electrons. The summed E-state index contributed by atoms with van der Waals surface area (Å²) in [4.78, 5) is 14.4. The van der Waals surface area contributed by atoms with E-state index in [4.69, 9.17) is 4.74 Å². The number of amides is 1. The van der Waals surface area contributed by atoms with Crippen LogP contribution >= 0.6 is 0 Å². The van der Waals surface area contributed by atoms with E-state index in [1.807, 2.05) is 29.9 Å². The summed E-state index contributed by atoms with van der Waals surface area (Å²) in [6, 6.07) is 9.59. The predicted molar refractivity (Wildman–Crippen MR) is 76.4 cm³/mol. The van der Waals surface area contributed by atoms with Crippen LogP contribution in [0.25, 0.3) is 0 Å². The van der Waals surface area contributed by atoms with Crippen LogP contribution in [0.5, 0.6) is 0 Å². The van der Waals surface area contributed by atoms with Crippen LogP contribution in [0.4, 0.5) is 4.39 Å². The normalized spacial score (nSPS) is 18.8. The number of halogens is 1. The zero-order valence-corrected chi connectivity index (χ0v) is 11.8. The van der Waals surface area contributed by atoms with Crippen LogP contribution in [0.3, 0.4) is 0 Å². The van der Waals surface area contributed by atoms with Gasteiger partial charge in [0.1, 0.15) is 5.82 Å². The van der Waals surface area contributed by atoms with Gasteiger partial charge in [0.05, 0.1) is 19.3 Å². The Morgan fingerprint density at radius 3 is 2.90 bits per heavy atom. The zero-order chi connectivity index (χ0) is 14.8. The van der Waals surface area contributed by atoms with Crippen molar-refractivity contribution < 1.29 is 13.9 Å². The average molecular weight is 288 g/mol. The number of carbonyl (C=O) groups is 1. The lowest BCUT2D eigenvalue weighted by Gasteiger charge is -2.36. The monoisotopic (exact) mass is 288 g/mol. The standard InChI is InChI=1S/C16H17FN2O2/c1-18-7-3-6-14(18)15-11-21-9-8-19(15)16(20)12-4-2-5-13(17)10-12/h2-7,10,15H,8-9,11H2,1H3. The van der Waals surface area contributed by atoms with E-state index in [0.29, 0.717) is 25.3 Å². The number of ether oxygens (including phenoxy) is 1. The van der Waals surface area contributed by atoms with E-state index in [-0.39, 0.29) is 11.9 Å². The maximum atomic E-state index is 13.3. The van der Waals surface area contributed by atoms with Crippen LogP contribution in [0.2, 0.25) is 0 Å². The van der Waals surface area contributed by atoms with E-state index in [9.17, 15) is 9.18 Å². The fourth-order valence-corrected chi connectivity index (χ4v) is 2.70. The number of aromatic nitrogens is 1. The van der Waals surface area contributed by atoms with Gasteiger partial charge in [0.25, 0.3) is 5.91 Å². The number of carbonyl (C=O) groups excluding carboxylic acids is 1. The molecule has 2 aromatic rings. The highest BCUT2D eigenvalue weighted by Gasteiger charge is 2.30. The van der Waals surface area contributed by atoms with E-state index in [1.165, 1.54) is 12.1 Å². The highest BCUT2D eigenvalue weighted by atomic mass is 19.1. The quantitative estimate of drug-likeness (QED) is 0.850. The largest absolute Gasteiger partial charge is 0.377 e. The number of morpholine rings is 1. The van der Waals surface area contributed by atoms with Crippen LogP contribution in [0, 0.1) is 5.82 Å². The lowest BCUT2D eigenvalue weighted by Crippen LogP contribution is -2.44. The molecule has 1 saturated heterocycles. The van der Waals surface area contributed by atoms with Gasteiger partial charge in [-0.3, -0.25) is 4.79 Å². The molecular weight excluding hydrogens is 271 g/mol. The van der Waals surface area contributed by atoms with Gasteiger partial charge < -0.3 is 14.2 Å². The van der Waals surface area contributed by atoms with E-state index < -0.39 is 5.82 Å². The molecule has 0 saturated carbocycles. The summed E-state index contributed by atoms with van der Waals surface area (Å²) in [5, 5.41) is 0. The van der Waals surface area contributed by atoms with Crippen molar-refractivity contribution in [3.05, 3.63) is 59.7 Å². The Hall–Kier alpha value is -2.14. The first-order chi connectivity index (χ1) is 10.2. The topological polar surface area (TPSA) is 34.5 Å². The number of nitrogens with zero attached hydrogens (tertiary/aromatic N) is 2. The van der Waals surface area contributed by atoms with Gasteiger partial charge in [0, 0.05) is 31.0 Å². The Bertz CT molecular complexity index is 653. The summed E-state index contributed by atoms with van der Waals surface area (Å²) in [6.07, 6.45) is 1.94. The molecule has 1 aromatic carbocycles. The van der Waals surface area contributed by atoms with Crippen molar-refractivity contribution in [2.75, 3.05) is 19.8 Å². The van der Waals surface area contributed by atoms with Crippen LogP contribution < -0.4 is 0 Å². The van der Waals surface area contributed by atoms with Gasteiger partial charge in [-0.15, -0.1) is 0 Å². The molecule has 0 aliphatic carbocycles. The van der Waals surface area contributed by atoms with E-state index in [1.54, 1.807) is 17.0 Å². The highest BCUT2D eigenvalue weighted by molar-refractivity contribution is 5.94. The SMILES string of the molecule is Cn1cccc1C1COCCN1C(=O)c1cccc(F)c1. The van der Waals surface area contributed by atoms with Crippen LogP contribution in [-0.2, 0) is 11.8 Å². The smallest absolute Gasteiger partial charge is 0.254 e. The molecule has 1 amide bonds. The van der Waals surface area contributed by atoms with Crippen LogP contribution in [0.1, 0.15) is 22.1 Å². The maximum Gasteiger partial charge on any atom is 0.254 e. The van der Waals surface area contributed by atoms with Gasteiger partial charge in [0.2, 0.25) is 0 Å². The van der Waals surface area contributed by atoms with Crippen molar-refractivity contribution in [2.24, 2.45) is 7.05 Å². The van der Waals surface area contributed by atoms with Crippen molar-refractivity contribution >= 4 is 5.91 Å². The summed E-state index contributed by atoms with van der Waals surface area (Å²) >= 11 is 0. The Labute approximate surface area is 122 Å². The summed E-state index contributed by atoms with van der Waals surface area (Å²) in [7, 11) is 1.94. The second-order valence-corrected chi connectivity index (χ2v) is 5.14. The summed E-state index contributed by atoms with van der Waals surface area (Å²) in [6.45, 7) is 1.46. The van der Waals surface area contributed by atoms with Crippen molar-refractivity contribution in [1.29, 1.82) is 0 Å². The van der Waals surface area contributed by atoms with Crippen molar-refractivity contribution in [3.8, 4) is 0 Å². The molecule has 1 aliphatic heterocycles. The molecule has 2 heterocycles. The third kappa shape index (κ3) is 2.69. The Morgan fingerprint density at radius 1 is 1.33 bits per heavy atom. The molecule has 1 atom stereocenters. The number of rotatable bonds is 2. The van der Waals surface area contributed by atoms with Crippen molar-refractivity contribution in [1.82, 2.24) is 9.47 Å². The molecule has 1 aromatic heterocycles. The number of hydrogen-bond acceptors (Lipinski definition) is 2. The molecule has 0 spiro atoms. The minimum atomic E-state index is -0.399. The third-order valence-corrected chi connectivity index (χ3v) is 3.79. The molecule has 1 fully saturated rings. The third-order valence-electron chi connectivity index (χ3n) is 3.79. The minimum Gasteiger partial charge on any atom is -0.377 e. The van der Waals surface area contributed by atoms with Gasteiger partial charge in [-0.1, -0.05) is 6.07 Å². The van der Waals surface area contributed by atoms with Crippen molar-refractivity contribution in [2.45, 2.75) is 6.04 Å². The highest BCUT2D eigenvalue weighted by Crippen LogP contribution is 2.26. The summed E-state index contributed by atoms with van der Waals surface area (Å²) in [5.41, 5.74) is 1.38. The lowest BCUT2D eigenvalue weighted by molar-refractivity contribution is -0.00465.